The van der Waals surface area contributed by atoms with Crippen LogP contribution in [0.2, 0.25) is 0 Å². The zero-order valence-electron chi connectivity index (χ0n) is 12.3. The normalized spacial score (nSPS) is 26.1. The van der Waals surface area contributed by atoms with Crippen LogP contribution in [0.3, 0.4) is 0 Å². The maximum absolute atomic E-state index is 11.4. The van der Waals surface area contributed by atoms with Gasteiger partial charge in [-0.05, 0) is 56.3 Å². The molecule has 0 saturated heterocycles. The summed E-state index contributed by atoms with van der Waals surface area (Å²) in [6, 6.07) is 8.25. The van der Waals surface area contributed by atoms with Crippen molar-refractivity contribution in [3.05, 3.63) is 29.8 Å². The molecule has 1 fully saturated rings. The summed E-state index contributed by atoms with van der Waals surface area (Å²) in [7, 11) is -0.910. The molecular weight excluding hydrogens is 270 g/mol. The van der Waals surface area contributed by atoms with Gasteiger partial charge in [0.2, 0.25) is 0 Å². The summed E-state index contributed by atoms with van der Waals surface area (Å²) >= 11 is 0. The van der Waals surface area contributed by atoms with Gasteiger partial charge in [0.1, 0.15) is 0 Å². The Morgan fingerprint density at radius 2 is 2.05 bits per heavy atom. The number of rotatable bonds is 5. The van der Waals surface area contributed by atoms with E-state index in [1.165, 1.54) is 12.0 Å². The van der Waals surface area contributed by atoms with Crippen LogP contribution in [0.15, 0.2) is 29.2 Å². The van der Waals surface area contributed by atoms with Crippen molar-refractivity contribution in [3.63, 3.8) is 0 Å². The second kappa shape index (κ2) is 7.34. The Morgan fingerprint density at radius 3 is 2.65 bits per heavy atom. The van der Waals surface area contributed by atoms with Crippen molar-refractivity contribution in [3.8, 4) is 0 Å². The quantitative estimate of drug-likeness (QED) is 0.878. The first-order valence-corrected chi connectivity index (χ1v) is 8.97. The van der Waals surface area contributed by atoms with E-state index in [4.69, 9.17) is 0 Å². The van der Waals surface area contributed by atoms with E-state index in [-0.39, 0.29) is 12.1 Å². The predicted octanol–water partition coefficient (Wildman–Crippen LogP) is 2.63. The monoisotopic (exact) mass is 295 g/mol. The molecule has 0 bridgehead atoms. The van der Waals surface area contributed by atoms with Crippen molar-refractivity contribution >= 4 is 10.8 Å². The van der Waals surface area contributed by atoms with Crippen molar-refractivity contribution in [2.75, 3.05) is 12.8 Å². The molecule has 4 atom stereocenters. The van der Waals surface area contributed by atoms with Crippen LogP contribution >= 0.6 is 0 Å². The van der Waals surface area contributed by atoms with Gasteiger partial charge in [0.25, 0.3) is 0 Å². The third kappa shape index (κ3) is 4.40. The highest BCUT2D eigenvalue weighted by atomic mass is 32.2. The average molecular weight is 295 g/mol. The Labute approximate surface area is 124 Å². The number of aliphatic hydroxyl groups excluding tert-OH is 1. The van der Waals surface area contributed by atoms with Gasteiger partial charge < -0.3 is 10.4 Å². The van der Waals surface area contributed by atoms with E-state index in [0.29, 0.717) is 5.92 Å². The average Bonchev–Trinajstić information content (AvgIpc) is 2.45. The molecule has 1 aromatic carbocycles. The molecule has 0 amide bonds. The maximum atomic E-state index is 11.4. The zero-order chi connectivity index (χ0) is 14.5. The fraction of sp³-hybridized carbons (Fsp3) is 0.625. The lowest BCUT2D eigenvalue weighted by atomic mass is 9.87. The summed E-state index contributed by atoms with van der Waals surface area (Å²) in [5.41, 5.74) is 1.22. The fourth-order valence-corrected chi connectivity index (χ4v) is 3.38. The SMILES string of the molecule is CC(NCC1CCCC(O)C1)c1ccc(S(C)=O)cc1. The molecule has 20 heavy (non-hydrogen) atoms. The van der Waals surface area contributed by atoms with Gasteiger partial charge in [0.05, 0.1) is 6.10 Å². The number of benzene rings is 1. The molecule has 1 aliphatic carbocycles. The number of hydrogen-bond donors (Lipinski definition) is 2. The van der Waals surface area contributed by atoms with E-state index in [9.17, 15) is 9.32 Å². The van der Waals surface area contributed by atoms with Crippen molar-refractivity contribution in [2.45, 2.75) is 49.6 Å². The highest BCUT2D eigenvalue weighted by Crippen LogP contribution is 2.24. The minimum atomic E-state index is -0.910. The van der Waals surface area contributed by atoms with Crippen LogP contribution in [0.25, 0.3) is 0 Å². The van der Waals surface area contributed by atoms with Gasteiger partial charge in [-0.2, -0.15) is 0 Å². The third-order valence-electron chi connectivity index (χ3n) is 4.18. The first kappa shape index (κ1) is 15.7. The van der Waals surface area contributed by atoms with E-state index < -0.39 is 10.8 Å². The van der Waals surface area contributed by atoms with E-state index in [2.05, 4.69) is 12.2 Å². The van der Waals surface area contributed by atoms with Gasteiger partial charge in [-0.3, -0.25) is 4.21 Å². The molecule has 0 radical (unpaired) electrons. The Balaban J connectivity index is 1.84. The van der Waals surface area contributed by atoms with Crippen LogP contribution in [0.1, 0.15) is 44.2 Å². The summed E-state index contributed by atoms with van der Waals surface area (Å²) in [4.78, 5) is 0.872. The molecule has 3 nitrogen and oxygen atoms in total. The second-order valence-electron chi connectivity index (χ2n) is 5.84. The molecule has 2 rings (SSSR count). The van der Waals surface area contributed by atoms with Gasteiger partial charge in [0.15, 0.2) is 0 Å². The first-order valence-electron chi connectivity index (χ1n) is 7.41. The van der Waals surface area contributed by atoms with Gasteiger partial charge in [-0.1, -0.05) is 18.6 Å². The Kier molecular flexibility index (Phi) is 5.75. The molecule has 1 aliphatic rings. The molecule has 0 heterocycles. The van der Waals surface area contributed by atoms with Crippen LogP contribution in [0, 0.1) is 5.92 Å². The van der Waals surface area contributed by atoms with Crippen molar-refractivity contribution in [1.29, 1.82) is 0 Å². The van der Waals surface area contributed by atoms with Crippen molar-refractivity contribution in [1.82, 2.24) is 5.32 Å². The second-order valence-corrected chi connectivity index (χ2v) is 7.22. The number of nitrogens with one attached hydrogen (secondary N) is 1. The molecule has 4 unspecified atom stereocenters. The van der Waals surface area contributed by atoms with Gasteiger partial charge in [0, 0.05) is 28.0 Å². The maximum Gasteiger partial charge on any atom is 0.0543 e. The van der Waals surface area contributed by atoms with E-state index >= 15 is 0 Å². The van der Waals surface area contributed by atoms with Gasteiger partial charge >= 0.3 is 0 Å². The molecule has 4 heteroatoms. The van der Waals surface area contributed by atoms with E-state index in [1.54, 1.807) is 6.26 Å². The molecule has 0 spiro atoms. The lowest BCUT2D eigenvalue weighted by Crippen LogP contribution is -2.30. The van der Waals surface area contributed by atoms with Crippen molar-refractivity contribution < 1.29 is 9.32 Å². The highest BCUT2D eigenvalue weighted by Gasteiger charge is 2.20. The molecule has 1 saturated carbocycles. The molecular formula is C16H25NO2S. The molecule has 112 valence electrons. The van der Waals surface area contributed by atoms with Crippen LogP contribution < -0.4 is 5.32 Å². The van der Waals surface area contributed by atoms with Crippen LogP contribution in [-0.4, -0.2) is 28.2 Å². The van der Waals surface area contributed by atoms with Gasteiger partial charge in [-0.25, -0.2) is 0 Å². The van der Waals surface area contributed by atoms with E-state index in [1.807, 2.05) is 24.3 Å². The van der Waals surface area contributed by atoms with Crippen LogP contribution in [0.5, 0.6) is 0 Å². The molecule has 0 aliphatic heterocycles. The largest absolute Gasteiger partial charge is 0.393 e. The molecule has 1 aromatic rings. The fourth-order valence-electron chi connectivity index (χ4n) is 2.86. The van der Waals surface area contributed by atoms with Crippen molar-refractivity contribution in [2.24, 2.45) is 5.92 Å². The smallest absolute Gasteiger partial charge is 0.0543 e. The summed E-state index contributed by atoms with van der Waals surface area (Å²) < 4.78 is 11.4. The number of aliphatic hydroxyl groups is 1. The minimum absolute atomic E-state index is 0.107. The summed E-state index contributed by atoms with van der Waals surface area (Å²) in [6.45, 7) is 3.11. The zero-order valence-corrected chi connectivity index (χ0v) is 13.2. The first-order chi connectivity index (χ1) is 9.56. The Hall–Kier alpha value is -0.710. The standard InChI is InChI=1S/C16H25NO2S/c1-12(14-6-8-16(9-7-14)20(2)19)17-11-13-4-3-5-15(18)10-13/h6-9,12-13,15,17-18H,3-5,10-11H2,1-2H3. The predicted molar refractivity (Wildman–Crippen MR) is 83.2 cm³/mol. The highest BCUT2D eigenvalue weighted by molar-refractivity contribution is 7.84. The minimum Gasteiger partial charge on any atom is -0.393 e. The number of hydrogen-bond acceptors (Lipinski definition) is 3. The summed E-state index contributed by atoms with van der Waals surface area (Å²) in [6.07, 6.45) is 5.83. The van der Waals surface area contributed by atoms with Crippen LogP contribution in [0.4, 0.5) is 0 Å². The van der Waals surface area contributed by atoms with Crippen LogP contribution in [-0.2, 0) is 10.8 Å². The molecule has 2 N–H and O–H groups in total. The lowest BCUT2D eigenvalue weighted by molar-refractivity contribution is 0.0998. The van der Waals surface area contributed by atoms with Gasteiger partial charge in [-0.15, -0.1) is 0 Å². The lowest BCUT2D eigenvalue weighted by Gasteiger charge is -2.27. The van der Waals surface area contributed by atoms with E-state index in [0.717, 1.165) is 30.7 Å². The Morgan fingerprint density at radius 1 is 1.35 bits per heavy atom. The summed E-state index contributed by atoms with van der Waals surface area (Å²) in [5, 5.41) is 13.2. The Bertz CT molecular complexity index is 446. The topological polar surface area (TPSA) is 49.3 Å². The summed E-state index contributed by atoms with van der Waals surface area (Å²) in [5.74, 6) is 0.587. The molecule has 0 aromatic heterocycles. The third-order valence-corrected chi connectivity index (χ3v) is 5.12.